The fourth-order valence-corrected chi connectivity index (χ4v) is 17.7. The molecule has 19 aromatic carbocycles. The van der Waals surface area contributed by atoms with Crippen LogP contribution in [0, 0.1) is 0 Å². The van der Waals surface area contributed by atoms with Gasteiger partial charge in [-0.05, 0) is 225 Å². The lowest BCUT2D eigenvalue weighted by Gasteiger charge is -2.13. The summed E-state index contributed by atoms with van der Waals surface area (Å²) in [5.41, 5.74) is 21.7. The Morgan fingerprint density at radius 2 is 0.387 bits per heavy atom. The smallest absolute Gasteiger partial charge is 0.0541 e. The normalized spacial score (nSPS) is 12.0. The zero-order chi connectivity index (χ0) is 69.5. The quantitative estimate of drug-likeness (QED) is 0.142. The van der Waals surface area contributed by atoms with Crippen molar-refractivity contribution in [3.63, 3.8) is 0 Å². The van der Waals surface area contributed by atoms with E-state index in [0.29, 0.717) is 0 Å². The molecular weight excluding hydrogens is 1280 g/mol. The number of aromatic nitrogens is 4. The number of rotatable bonds is 7. The Labute approximate surface area is 610 Å². The molecule has 23 rings (SSSR count). The van der Waals surface area contributed by atoms with Gasteiger partial charge in [-0.2, -0.15) is 0 Å². The van der Waals surface area contributed by atoms with Crippen LogP contribution in [0.15, 0.2) is 388 Å². The summed E-state index contributed by atoms with van der Waals surface area (Å²) in [6.45, 7) is 0. The average molecular weight is 1350 g/mol. The standard InChI is InChI=1S/C52H32N2.C50H32N2/c1-3-11-41-33(9-1)17-19-37-29-39(23-25-43(37)41)53-49-15-7-5-13-45(49)47-31-35(21-27-51(47)53)36-22-28-52-48(32-36)46-14-6-8-16-50(46)54(52)40-24-26-44-38(30-40)20-18-34-10-2-4-12-42(34)44;1-2-13-37(14-3-1)51-47-20-10-8-18-42(47)45-30-34(24-28-49(45)51)35-25-29-50-46(31-35)43-19-9-11-21-48(43)52(50)38-26-22-33(23-27-38)44-32-36-12-4-5-15-39(36)40-16-6-7-17-41(40)44/h1-32H;1-32H. The van der Waals surface area contributed by atoms with E-state index in [1.807, 2.05) is 0 Å². The van der Waals surface area contributed by atoms with Crippen LogP contribution in [0.1, 0.15) is 0 Å². The van der Waals surface area contributed by atoms with Crippen molar-refractivity contribution in [1.29, 1.82) is 0 Å². The number of para-hydroxylation sites is 5. The molecule has 4 heteroatoms. The van der Waals surface area contributed by atoms with Crippen molar-refractivity contribution in [2.24, 2.45) is 0 Å². The highest BCUT2D eigenvalue weighted by Gasteiger charge is 2.21. The zero-order valence-electron chi connectivity index (χ0n) is 57.7. The average Bonchev–Trinajstić information content (AvgIpc) is 1.56. The van der Waals surface area contributed by atoms with E-state index in [9.17, 15) is 0 Å². The van der Waals surface area contributed by atoms with E-state index in [-0.39, 0.29) is 0 Å². The van der Waals surface area contributed by atoms with E-state index in [0.717, 1.165) is 5.69 Å². The summed E-state index contributed by atoms with van der Waals surface area (Å²) in [6, 6.07) is 143. The molecule has 4 heterocycles. The Morgan fingerprint density at radius 1 is 0.123 bits per heavy atom. The van der Waals surface area contributed by atoms with Crippen LogP contribution < -0.4 is 0 Å². The molecule has 492 valence electrons. The highest BCUT2D eigenvalue weighted by atomic mass is 15.0. The summed E-state index contributed by atoms with van der Waals surface area (Å²) in [6.07, 6.45) is 0. The molecule has 4 aromatic heterocycles. The predicted molar refractivity (Wildman–Crippen MR) is 452 cm³/mol. The first-order valence-electron chi connectivity index (χ1n) is 36.6. The van der Waals surface area contributed by atoms with Crippen LogP contribution in [0.4, 0.5) is 0 Å². The zero-order valence-corrected chi connectivity index (χ0v) is 57.7. The van der Waals surface area contributed by atoms with Gasteiger partial charge in [0.15, 0.2) is 0 Å². The maximum atomic E-state index is 2.42. The maximum absolute atomic E-state index is 2.42. The molecule has 23 aromatic rings. The van der Waals surface area contributed by atoms with Gasteiger partial charge in [-0.25, -0.2) is 0 Å². The lowest BCUT2D eigenvalue weighted by Crippen LogP contribution is -1.94. The molecule has 0 spiro atoms. The minimum Gasteiger partial charge on any atom is -0.309 e. The van der Waals surface area contributed by atoms with Crippen molar-refractivity contribution in [2.75, 3.05) is 0 Å². The van der Waals surface area contributed by atoms with Crippen LogP contribution in [0.2, 0.25) is 0 Å². The topological polar surface area (TPSA) is 19.7 Å². The summed E-state index contributed by atoms with van der Waals surface area (Å²) in [5, 5.41) is 25.4. The Hall–Kier alpha value is -14.1. The van der Waals surface area contributed by atoms with Crippen molar-refractivity contribution in [3.8, 4) is 56.1 Å². The molecule has 0 aliphatic rings. The SMILES string of the molecule is c1ccc(-n2c3ccccc3c3cc(-c4ccc5c(c4)c4ccccc4n5-c4ccc(-c5cc6ccccc6c6ccccc56)cc4)ccc32)cc1.c1ccc2c(c1)ccc1cc(-n3c4ccccc4c4cc(-c5ccc6c(c5)c5ccccc5n6-c5ccc6c(ccc7ccccc76)c5)ccc43)ccc12. The first-order valence-corrected chi connectivity index (χ1v) is 36.6. The molecule has 0 atom stereocenters. The summed E-state index contributed by atoms with van der Waals surface area (Å²) < 4.78 is 9.63. The number of hydrogen-bond acceptors (Lipinski definition) is 0. The van der Waals surface area contributed by atoms with Crippen molar-refractivity contribution in [1.82, 2.24) is 18.3 Å². The van der Waals surface area contributed by atoms with Gasteiger partial charge in [-0.1, -0.05) is 261 Å². The monoisotopic (exact) mass is 1340 g/mol. The molecule has 0 aliphatic carbocycles. The van der Waals surface area contributed by atoms with Gasteiger partial charge < -0.3 is 18.3 Å². The molecule has 0 aliphatic heterocycles. The van der Waals surface area contributed by atoms with Crippen molar-refractivity contribution < 1.29 is 0 Å². The second kappa shape index (κ2) is 23.8. The van der Waals surface area contributed by atoms with Gasteiger partial charge in [0.1, 0.15) is 0 Å². The highest BCUT2D eigenvalue weighted by molar-refractivity contribution is 6.18. The van der Waals surface area contributed by atoms with Gasteiger partial charge in [-0.3, -0.25) is 0 Å². The third kappa shape index (κ3) is 9.34. The second-order valence-electron chi connectivity index (χ2n) is 28.3. The van der Waals surface area contributed by atoms with Crippen LogP contribution in [0.3, 0.4) is 0 Å². The van der Waals surface area contributed by atoms with E-state index in [4.69, 9.17) is 0 Å². The van der Waals surface area contributed by atoms with E-state index in [1.54, 1.807) is 0 Å². The number of benzene rings is 19. The van der Waals surface area contributed by atoms with Crippen LogP contribution in [0.25, 0.3) is 208 Å². The largest absolute Gasteiger partial charge is 0.309 e. The number of fused-ring (bicyclic) bond motifs is 21. The van der Waals surface area contributed by atoms with E-state index < -0.39 is 0 Å². The maximum Gasteiger partial charge on any atom is 0.0541 e. The molecule has 0 saturated carbocycles. The Balaban J connectivity index is 0.000000132. The number of hydrogen-bond donors (Lipinski definition) is 0. The fourth-order valence-electron chi connectivity index (χ4n) is 17.7. The lowest BCUT2D eigenvalue weighted by molar-refractivity contribution is 1.18. The van der Waals surface area contributed by atoms with Crippen LogP contribution in [0.5, 0.6) is 0 Å². The summed E-state index contributed by atoms with van der Waals surface area (Å²) >= 11 is 0. The van der Waals surface area contributed by atoms with E-state index in [1.165, 1.54) is 202 Å². The highest BCUT2D eigenvalue weighted by Crippen LogP contribution is 2.44. The van der Waals surface area contributed by atoms with Crippen molar-refractivity contribution in [2.45, 2.75) is 0 Å². The summed E-state index contributed by atoms with van der Waals surface area (Å²) in [5.74, 6) is 0. The fraction of sp³-hybridized carbons (Fsp3) is 0. The van der Waals surface area contributed by atoms with Gasteiger partial charge >= 0.3 is 0 Å². The molecule has 0 saturated heterocycles. The van der Waals surface area contributed by atoms with Gasteiger partial charge in [0.25, 0.3) is 0 Å². The second-order valence-corrected chi connectivity index (χ2v) is 28.3. The van der Waals surface area contributed by atoms with Crippen LogP contribution in [-0.2, 0) is 0 Å². The van der Waals surface area contributed by atoms with E-state index in [2.05, 4.69) is 407 Å². The minimum atomic E-state index is 1.16. The Morgan fingerprint density at radius 3 is 0.802 bits per heavy atom. The lowest BCUT2D eigenvalue weighted by atomic mass is 9.93. The van der Waals surface area contributed by atoms with Gasteiger partial charge in [0.05, 0.1) is 44.1 Å². The van der Waals surface area contributed by atoms with Gasteiger partial charge in [-0.15, -0.1) is 0 Å². The third-order valence-electron chi connectivity index (χ3n) is 22.5. The molecule has 0 N–H and O–H groups in total. The Bertz CT molecular complexity index is 7330. The van der Waals surface area contributed by atoms with Crippen molar-refractivity contribution >= 4 is 152 Å². The molecular formula is C102H64N4. The first-order chi connectivity index (χ1) is 52.6. The van der Waals surface area contributed by atoms with Crippen LogP contribution >= 0.6 is 0 Å². The summed E-state index contributed by atoms with van der Waals surface area (Å²) in [4.78, 5) is 0. The summed E-state index contributed by atoms with van der Waals surface area (Å²) in [7, 11) is 0. The molecule has 0 radical (unpaired) electrons. The minimum absolute atomic E-state index is 1.16. The molecule has 0 bridgehead atoms. The predicted octanol–water partition coefficient (Wildman–Crippen LogP) is 27.7. The van der Waals surface area contributed by atoms with Gasteiger partial charge in [0, 0.05) is 65.8 Å². The first kappa shape index (κ1) is 59.6. The molecule has 0 amide bonds. The van der Waals surface area contributed by atoms with Gasteiger partial charge in [0.2, 0.25) is 0 Å². The van der Waals surface area contributed by atoms with Crippen LogP contribution in [-0.4, -0.2) is 18.3 Å². The van der Waals surface area contributed by atoms with E-state index >= 15 is 0 Å². The molecule has 4 nitrogen and oxygen atoms in total. The van der Waals surface area contributed by atoms with Crippen molar-refractivity contribution in [3.05, 3.63) is 388 Å². The number of nitrogens with zero attached hydrogens (tertiary/aromatic N) is 4. The Kier molecular flexibility index (Phi) is 13.4. The third-order valence-corrected chi connectivity index (χ3v) is 22.5. The molecule has 106 heavy (non-hydrogen) atoms. The molecule has 0 unspecified atom stereocenters. The molecule has 0 fully saturated rings.